The van der Waals surface area contributed by atoms with Crippen molar-refractivity contribution in [3.8, 4) is 0 Å². The molecule has 7 nitrogen and oxygen atoms in total. The summed E-state index contributed by atoms with van der Waals surface area (Å²) in [6.07, 6.45) is -1.60. The van der Waals surface area contributed by atoms with Gasteiger partial charge in [-0.2, -0.15) is 18.3 Å². The predicted octanol–water partition coefficient (Wildman–Crippen LogP) is 2.73. The van der Waals surface area contributed by atoms with E-state index in [1.54, 1.807) is 20.8 Å². The monoisotopic (exact) mass is 343 g/mol. The molecule has 24 heavy (non-hydrogen) atoms. The van der Waals surface area contributed by atoms with Gasteiger partial charge in [0.15, 0.2) is 17.1 Å². The van der Waals surface area contributed by atoms with E-state index in [0.29, 0.717) is 5.69 Å². The molecule has 0 aromatic carbocycles. The molecule has 0 bridgehead atoms. The van der Waals surface area contributed by atoms with Crippen LogP contribution in [-0.2, 0) is 21.2 Å². The fraction of sp³-hybridized carbons (Fsp3) is 0.429. The number of alkyl halides is 3. The van der Waals surface area contributed by atoms with Crippen molar-refractivity contribution in [3.05, 3.63) is 30.2 Å². The van der Waals surface area contributed by atoms with E-state index in [4.69, 9.17) is 4.74 Å². The number of hydrogen-bond donors (Lipinski definition) is 1. The number of esters is 1. The highest BCUT2D eigenvalue weighted by Crippen LogP contribution is 2.27. The van der Waals surface area contributed by atoms with Crippen molar-refractivity contribution < 1.29 is 22.7 Å². The fourth-order valence-corrected chi connectivity index (χ4v) is 1.79. The summed E-state index contributed by atoms with van der Waals surface area (Å²) in [6, 6.07) is 1.98. The van der Waals surface area contributed by atoms with Gasteiger partial charge in [0, 0.05) is 6.20 Å². The quantitative estimate of drug-likeness (QED) is 0.841. The summed E-state index contributed by atoms with van der Waals surface area (Å²) in [5, 5.41) is 13.4. The maximum atomic E-state index is 12.4. The van der Waals surface area contributed by atoms with Crippen LogP contribution in [0.3, 0.4) is 0 Å². The van der Waals surface area contributed by atoms with E-state index >= 15 is 0 Å². The molecule has 0 aliphatic heterocycles. The number of carbonyl (C=O) groups excluding carboxylic acids is 1. The third kappa shape index (κ3) is 3.81. The van der Waals surface area contributed by atoms with Gasteiger partial charge in [0.1, 0.15) is 0 Å². The molecule has 2 aromatic rings. The molecule has 2 rings (SSSR count). The Labute approximate surface area is 135 Å². The lowest BCUT2D eigenvalue weighted by atomic mass is 10.1. The molecule has 0 unspecified atom stereocenters. The Morgan fingerprint density at radius 3 is 2.54 bits per heavy atom. The van der Waals surface area contributed by atoms with Crippen LogP contribution >= 0.6 is 0 Å². The van der Waals surface area contributed by atoms with Crippen molar-refractivity contribution in [2.75, 3.05) is 11.9 Å². The van der Waals surface area contributed by atoms with Crippen molar-refractivity contribution in [1.29, 1.82) is 0 Å². The van der Waals surface area contributed by atoms with Gasteiger partial charge in [-0.1, -0.05) is 0 Å². The molecule has 0 saturated carbocycles. The van der Waals surface area contributed by atoms with Crippen molar-refractivity contribution in [3.63, 3.8) is 0 Å². The van der Waals surface area contributed by atoms with E-state index < -0.39 is 23.4 Å². The Kier molecular flexibility index (Phi) is 4.76. The second kappa shape index (κ2) is 6.46. The lowest BCUT2D eigenvalue weighted by Gasteiger charge is -2.22. The third-order valence-corrected chi connectivity index (χ3v) is 3.16. The highest BCUT2D eigenvalue weighted by atomic mass is 19.4. The second-order valence-electron chi connectivity index (χ2n) is 5.38. The zero-order valence-corrected chi connectivity index (χ0v) is 13.3. The number of anilines is 2. The van der Waals surface area contributed by atoms with Crippen LogP contribution in [0, 0.1) is 0 Å². The van der Waals surface area contributed by atoms with Crippen molar-refractivity contribution >= 4 is 17.5 Å². The maximum absolute atomic E-state index is 12.4. The highest BCUT2D eigenvalue weighted by Gasteiger charge is 2.33. The average Bonchev–Trinajstić information content (AvgIpc) is 2.96. The van der Waals surface area contributed by atoms with Crippen LogP contribution in [0.5, 0.6) is 0 Å². The number of carbonyl (C=O) groups is 1. The predicted molar refractivity (Wildman–Crippen MR) is 78.5 cm³/mol. The molecule has 10 heteroatoms. The number of rotatable bonds is 5. The van der Waals surface area contributed by atoms with E-state index in [0.717, 1.165) is 12.1 Å². The molecule has 0 saturated heterocycles. The topological polar surface area (TPSA) is 81.9 Å². The molecule has 0 aliphatic carbocycles. The summed E-state index contributed by atoms with van der Waals surface area (Å²) < 4.78 is 43.7. The number of ether oxygens (including phenoxy) is 1. The van der Waals surface area contributed by atoms with Gasteiger partial charge in [-0.25, -0.2) is 4.79 Å². The SMILES string of the molecule is CCOC(=O)C(C)(C)n1cc(Nc2ccc(C(F)(F)F)nn2)cn1. The smallest absolute Gasteiger partial charge is 0.435 e. The van der Waals surface area contributed by atoms with Gasteiger partial charge >= 0.3 is 12.1 Å². The minimum Gasteiger partial charge on any atom is -0.464 e. The van der Waals surface area contributed by atoms with Gasteiger partial charge in [0.25, 0.3) is 0 Å². The zero-order chi connectivity index (χ0) is 18.0. The molecule has 0 aliphatic rings. The van der Waals surface area contributed by atoms with Crippen LogP contribution < -0.4 is 5.32 Å². The number of hydrogen-bond acceptors (Lipinski definition) is 6. The molecule has 2 heterocycles. The molecule has 0 amide bonds. The number of nitrogens with zero attached hydrogens (tertiary/aromatic N) is 4. The number of nitrogens with one attached hydrogen (secondary N) is 1. The molecule has 0 atom stereocenters. The van der Waals surface area contributed by atoms with Gasteiger partial charge in [-0.05, 0) is 32.9 Å². The molecular weight excluding hydrogens is 327 g/mol. The zero-order valence-electron chi connectivity index (χ0n) is 13.3. The molecule has 0 fully saturated rings. The molecule has 0 radical (unpaired) electrons. The maximum Gasteiger partial charge on any atom is 0.435 e. The minimum atomic E-state index is -4.54. The first-order valence-corrected chi connectivity index (χ1v) is 7.05. The largest absolute Gasteiger partial charge is 0.464 e. The standard InChI is InChI=1S/C14H16F3N5O2/c1-4-24-12(23)13(2,3)22-8-9(7-18-22)19-11-6-5-10(20-21-11)14(15,16)17/h5-8H,4H2,1-3H3,(H,19,21). The summed E-state index contributed by atoms with van der Waals surface area (Å²) in [7, 11) is 0. The lowest BCUT2D eigenvalue weighted by Crippen LogP contribution is -2.37. The average molecular weight is 343 g/mol. The van der Waals surface area contributed by atoms with E-state index in [2.05, 4.69) is 20.6 Å². The van der Waals surface area contributed by atoms with Gasteiger partial charge in [-0.15, -0.1) is 10.2 Å². The first-order valence-electron chi connectivity index (χ1n) is 7.05. The van der Waals surface area contributed by atoms with Crippen LogP contribution in [0.25, 0.3) is 0 Å². The molecule has 1 N–H and O–H groups in total. The van der Waals surface area contributed by atoms with Crippen LogP contribution in [0.1, 0.15) is 26.5 Å². The van der Waals surface area contributed by atoms with E-state index in [-0.39, 0.29) is 12.4 Å². The van der Waals surface area contributed by atoms with E-state index in [9.17, 15) is 18.0 Å². The van der Waals surface area contributed by atoms with Crippen molar-refractivity contribution in [1.82, 2.24) is 20.0 Å². The Morgan fingerprint density at radius 1 is 1.29 bits per heavy atom. The summed E-state index contributed by atoms with van der Waals surface area (Å²) in [6.45, 7) is 5.22. The summed E-state index contributed by atoms with van der Waals surface area (Å²) in [4.78, 5) is 11.9. The van der Waals surface area contributed by atoms with Gasteiger partial charge in [0.05, 0.1) is 18.5 Å². The first-order chi connectivity index (χ1) is 11.1. The summed E-state index contributed by atoms with van der Waals surface area (Å²) >= 11 is 0. The molecule has 2 aromatic heterocycles. The van der Waals surface area contributed by atoms with Crippen LogP contribution in [0.2, 0.25) is 0 Å². The van der Waals surface area contributed by atoms with Crippen molar-refractivity contribution in [2.24, 2.45) is 0 Å². The molecule has 130 valence electrons. The number of aromatic nitrogens is 4. The van der Waals surface area contributed by atoms with Gasteiger partial charge in [-0.3, -0.25) is 4.68 Å². The number of halogens is 3. The van der Waals surface area contributed by atoms with E-state index in [1.165, 1.54) is 17.1 Å². The molecular formula is C14H16F3N5O2. The van der Waals surface area contributed by atoms with Crippen LogP contribution in [0.4, 0.5) is 24.7 Å². The summed E-state index contributed by atoms with van der Waals surface area (Å²) in [5.74, 6) is -0.328. The van der Waals surface area contributed by atoms with Crippen LogP contribution in [0.15, 0.2) is 24.5 Å². The minimum absolute atomic E-state index is 0.122. The van der Waals surface area contributed by atoms with Gasteiger partial charge < -0.3 is 10.1 Å². The summed E-state index contributed by atoms with van der Waals surface area (Å²) in [5.41, 5.74) is -1.66. The van der Waals surface area contributed by atoms with Crippen molar-refractivity contribution in [2.45, 2.75) is 32.5 Å². The fourth-order valence-electron chi connectivity index (χ4n) is 1.79. The highest BCUT2D eigenvalue weighted by molar-refractivity contribution is 5.77. The Balaban J connectivity index is 2.13. The Bertz CT molecular complexity index is 710. The molecule has 0 spiro atoms. The van der Waals surface area contributed by atoms with E-state index in [1.807, 2.05) is 0 Å². The second-order valence-corrected chi connectivity index (χ2v) is 5.38. The Morgan fingerprint density at radius 2 is 2.00 bits per heavy atom. The first kappa shape index (κ1) is 17.7. The Hall–Kier alpha value is -2.65. The van der Waals surface area contributed by atoms with Crippen LogP contribution in [-0.4, -0.2) is 32.6 Å². The lowest BCUT2D eigenvalue weighted by molar-refractivity contribution is -0.152. The normalized spacial score (nSPS) is 12.1. The van der Waals surface area contributed by atoms with Gasteiger partial charge in [0.2, 0.25) is 0 Å². The third-order valence-electron chi connectivity index (χ3n) is 3.16.